The summed E-state index contributed by atoms with van der Waals surface area (Å²) in [7, 11) is 3.39. The normalized spacial score (nSPS) is 19.1. The molecule has 1 aromatic rings. The van der Waals surface area contributed by atoms with Gasteiger partial charge in [-0.3, -0.25) is 0 Å². The van der Waals surface area contributed by atoms with Crippen LogP contribution in [0.5, 0.6) is 0 Å². The Morgan fingerprint density at radius 1 is 1.16 bits per heavy atom. The molecule has 1 aliphatic carbocycles. The highest BCUT2D eigenvalue weighted by molar-refractivity contribution is 5.31. The van der Waals surface area contributed by atoms with Crippen LogP contribution in [-0.2, 0) is 21.7 Å². The molecule has 0 bridgehead atoms. The predicted octanol–water partition coefficient (Wildman–Crippen LogP) is 2.40. The van der Waals surface area contributed by atoms with E-state index >= 15 is 0 Å². The van der Waals surface area contributed by atoms with Crippen molar-refractivity contribution in [2.75, 3.05) is 20.0 Å². The molecule has 1 heterocycles. The van der Waals surface area contributed by atoms with Crippen LogP contribution < -0.4 is 5.73 Å². The Labute approximate surface area is 114 Å². The topological polar surface area (TPSA) is 70.3 Å². The van der Waals surface area contributed by atoms with Gasteiger partial charge in [0, 0.05) is 20.3 Å². The molecule has 0 aliphatic heterocycles. The first kappa shape index (κ1) is 14.2. The van der Waals surface area contributed by atoms with Crippen LogP contribution in [0.1, 0.15) is 50.0 Å². The molecule has 0 atom stereocenters. The third-order valence-electron chi connectivity index (χ3n) is 3.80. The maximum absolute atomic E-state index is 5.89. The molecule has 1 aliphatic rings. The summed E-state index contributed by atoms with van der Waals surface area (Å²) in [5, 5.41) is 0. The van der Waals surface area contributed by atoms with Crippen molar-refractivity contribution in [2.45, 2.75) is 50.7 Å². The molecular formula is C14H23N3O2. The lowest BCUT2D eigenvalue weighted by molar-refractivity contribution is -0.0353. The van der Waals surface area contributed by atoms with Crippen molar-refractivity contribution < 1.29 is 9.47 Å². The van der Waals surface area contributed by atoms with Crippen molar-refractivity contribution in [2.24, 2.45) is 0 Å². The number of hydrogen-bond acceptors (Lipinski definition) is 5. The first-order chi connectivity index (χ1) is 9.20. The molecular weight excluding hydrogens is 242 g/mol. The van der Waals surface area contributed by atoms with Gasteiger partial charge in [-0.1, -0.05) is 25.7 Å². The van der Waals surface area contributed by atoms with Crippen LogP contribution in [0.3, 0.4) is 0 Å². The van der Waals surface area contributed by atoms with E-state index in [1.165, 1.54) is 12.8 Å². The number of nitrogens with two attached hydrogens (primary N) is 1. The monoisotopic (exact) mass is 265 g/mol. The quantitative estimate of drug-likeness (QED) is 0.846. The van der Waals surface area contributed by atoms with Gasteiger partial charge >= 0.3 is 0 Å². The van der Waals surface area contributed by atoms with Crippen LogP contribution in [0.15, 0.2) is 6.07 Å². The van der Waals surface area contributed by atoms with Gasteiger partial charge in [-0.05, 0) is 12.8 Å². The molecule has 1 saturated carbocycles. The van der Waals surface area contributed by atoms with Gasteiger partial charge in [0.15, 0.2) is 5.82 Å². The van der Waals surface area contributed by atoms with Gasteiger partial charge in [-0.25, -0.2) is 9.97 Å². The number of nitrogens with zero attached hydrogens (tertiary/aromatic N) is 2. The van der Waals surface area contributed by atoms with E-state index in [1.807, 2.05) is 0 Å². The van der Waals surface area contributed by atoms with Gasteiger partial charge in [-0.2, -0.15) is 0 Å². The second-order valence-electron chi connectivity index (χ2n) is 5.15. The first-order valence-electron chi connectivity index (χ1n) is 6.88. The number of hydrogen-bond donors (Lipinski definition) is 1. The largest absolute Gasteiger partial charge is 0.384 e. The van der Waals surface area contributed by atoms with Crippen LogP contribution in [0, 0.1) is 0 Å². The molecule has 106 valence electrons. The highest BCUT2D eigenvalue weighted by Gasteiger charge is 2.36. The molecule has 0 amide bonds. The van der Waals surface area contributed by atoms with E-state index in [4.69, 9.17) is 15.2 Å². The first-order valence-corrected chi connectivity index (χ1v) is 6.88. The van der Waals surface area contributed by atoms with Crippen LogP contribution >= 0.6 is 0 Å². The van der Waals surface area contributed by atoms with Crippen LogP contribution in [0.4, 0.5) is 5.82 Å². The van der Waals surface area contributed by atoms with Gasteiger partial charge < -0.3 is 15.2 Å². The molecule has 2 N–H and O–H groups in total. The SMILES string of the molecule is COCc1cc(N)nc(C2(OC)CCCCCC2)n1. The van der Waals surface area contributed by atoms with Crippen molar-refractivity contribution in [1.82, 2.24) is 9.97 Å². The van der Waals surface area contributed by atoms with E-state index in [9.17, 15) is 0 Å². The number of methoxy groups -OCH3 is 2. The lowest BCUT2D eigenvalue weighted by Gasteiger charge is -2.30. The summed E-state index contributed by atoms with van der Waals surface area (Å²) in [4.78, 5) is 9.00. The maximum Gasteiger partial charge on any atom is 0.162 e. The molecule has 5 nitrogen and oxygen atoms in total. The van der Waals surface area contributed by atoms with E-state index in [0.29, 0.717) is 18.2 Å². The standard InChI is InChI=1S/C14H23N3O2/c1-18-10-11-9-12(15)17-13(16-11)14(19-2)7-5-3-4-6-8-14/h9H,3-8,10H2,1-2H3,(H2,15,16,17). The Kier molecular flexibility index (Phi) is 4.71. The molecule has 0 aromatic carbocycles. The minimum absolute atomic E-state index is 0.381. The van der Waals surface area contributed by atoms with Crippen LogP contribution in [-0.4, -0.2) is 24.2 Å². The minimum Gasteiger partial charge on any atom is -0.384 e. The summed E-state index contributed by atoms with van der Waals surface area (Å²) in [6.45, 7) is 0.444. The second kappa shape index (κ2) is 6.30. The van der Waals surface area contributed by atoms with Crippen molar-refractivity contribution in [3.63, 3.8) is 0 Å². The average Bonchev–Trinajstić information content (AvgIpc) is 2.64. The van der Waals surface area contributed by atoms with E-state index < -0.39 is 0 Å². The lowest BCUT2D eigenvalue weighted by Crippen LogP contribution is -2.31. The lowest BCUT2D eigenvalue weighted by atomic mass is 9.93. The molecule has 5 heteroatoms. The van der Waals surface area contributed by atoms with Crippen molar-refractivity contribution in [1.29, 1.82) is 0 Å². The van der Waals surface area contributed by atoms with E-state index in [0.717, 1.165) is 31.4 Å². The van der Waals surface area contributed by atoms with Gasteiger partial charge in [0.25, 0.3) is 0 Å². The number of rotatable bonds is 4. The Morgan fingerprint density at radius 3 is 2.42 bits per heavy atom. The third-order valence-corrected chi connectivity index (χ3v) is 3.80. The summed E-state index contributed by atoms with van der Waals surface area (Å²) >= 11 is 0. The Morgan fingerprint density at radius 2 is 1.84 bits per heavy atom. The third kappa shape index (κ3) is 3.22. The fourth-order valence-corrected chi connectivity index (χ4v) is 2.76. The maximum atomic E-state index is 5.89. The Balaban J connectivity index is 2.35. The summed E-state index contributed by atoms with van der Waals surface area (Å²) in [6.07, 6.45) is 6.70. The molecule has 2 rings (SSSR count). The fourth-order valence-electron chi connectivity index (χ4n) is 2.76. The zero-order chi connectivity index (χ0) is 13.7. The number of ether oxygens (including phenoxy) is 2. The summed E-state index contributed by atoms with van der Waals surface area (Å²) < 4.78 is 10.9. The van der Waals surface area contributed by atoms with Crippen LogP contribution in [0.25, 0.3) is 0 Å². The molecule has 0 spiro atoms. The summed E-state index contributed by atoms with van der Waals surface area (Å²) in [6, 6.07) is 1.76. The van der Waals surface area contributed by atoms with Crippen molar-refractivity contribution in [3.8, 4) is 0 Å². The van der Waals surface area contributed by atoms with Crippen molar-refractivity contribution >= 4 is 5.82 Å². The highest BCUT2D eigenvalue weighted by Crippen LogP contribution is 2.37. The molecule has 19 heavy (non-hydrogen) atoms. The second-order valence-corrected chi connectivity index (χ2v) is 5.15. The average molecular weight is 265 g/mol. The van der Waals surface area contributed by atoms with E-state index in [1.54, 1.807) is 20.3 Å². The molecule has 1 fully saturated rings. The fraction of sp³-hybridized carbons (Fsp3) is 0.714. The zero-order valence-electron chi connectivity index (χ0n) is 11.8. The van der Waals surface area contributed by atoms with E-state index in [2.05, 4.69) is 9.97 Å². The van der Waals surface area contributed by atoms with E-state index in [-0.39, 0.29) is 5.60 Å². The van der Waals surface area contributed by atoms with Gasteiger partial charge in [-0.15, -0.1) is 0 Å². The van der Waals surface area contributed by atoms with Gasteiger partial charge in [0.05, 0.1) is 12.3 Å². The molecule has 0 radical (unpaired) electrons. The summed E-state index contributed by atoms with van der Waals surface area (Å²) in [5.41, 5.74) is 6.32. The van der Waals surface area contributed by atoms with Gasteiger partial charge in [0.1, 0.15) is 11.4 Å². The van der Waals surface area contributed by atoms with Crippen LogP contribution in [0.2, 0.25) is 0 Å². The van der Waals surface area contributed by atoms with Gasteiger partial charge in [0.2, 0.25) is 0 Å². The molecule has 0 saturated heterocycles. The number of anilines is 1. The number of nitrogen functional groups attached to an aromatic ring is 1. The Hall–Kier alpha value is -1.20. The Bertz CT molecular complexity index is 415. The molecule has 0 unspecified atom stereocenters. The smallest absolute Gasteiger partial charge is 0.162 e. The van der Waals surface area contributed by atoms with Crippen molar-refractivity contribution in [3.05, 3.63) is 17.6 Å². The highest BCUT2D eigenvalue weighted by atomic mass is 16.5. The number of aromatic nitrogens is 2. The molecule has 1 aromatic heterocycles. The predicted molar refractivity (Wildman–Crippen MR) is 73.5 cm³/mol. The minimum atomic E-state index is -0.381. The summed E-state index contributed by atoms with van der Waals surface area (Å²) in [5.74, 6) is 1.20. The zero-order valence-corrected chi connectivity index (χ0v) is 11.8.